The molecule has 3 N–H and O–H groups in total. The van der Waals surface area contributed by atoms with E-state index in [0.717, 1.165) is 34.3 Å². The van der Waals surface area contributed by atoms with Crippen LogP contribution in [0.4, 0.5) is 5.13 Å². The summed E-state index contributed by atoms with van der Waals surface area (Å²) in [4.78, 5) is 4.22. The van der Waals surface area contributed by atoms with Crippen molar-refractivity contribution in [3.05, 3.63) is 23.3 Å². The zero-order chi connectivity index (χ0) is 10.4. The third-order valence-corrected chi connectivity index (χ3v) is 3.62. The molecule has 0 amide bonds. The first kappa shape index (κ1) is 8.67. The third-order valence-electron chi connectivity index (χ3n) is 2.70. The van der Waals surface area contributed by atoms with Crippen molar-refractivity contribution >= 4 is 32.4 Å². The van der Waals surface area contributed by atoms with Crippen molar-refractivity contribution in [1.29, 1.82) is 0 Å². The van der Waals surface area contributed by atoms with Crippen LogP contribution in [0.15, 0.2) is 17.3 Å². The lowest BCUT2D eigenvalue weighted by Crippen LogP contribution is -1.93. The van der Waals surface area contributed by atoms with Gasteiger partial charge in [0.2, 0.25) is 0 Å². The summed E-state index contributed by atoms with van der Waals surface area (Å²) in [6.45, 7) is 0. The highest BCUT2D eigenvalue weighted by atomic mass is 32.1. The van der Waals surface area contributed by atoms with Crippen LogP contribution in [0.2, 0.25) is 0 Å². The fourth-order valence-electron chi connectivity index (χ4n) is 2.05. The number of nitrogen functional groups attached to an aromatic ring is 1. The van der Waals surface area contributed by atoms with Gasteiger partial charge in [0.1, 0.15) is 0 Å². The second-order valence-corrected chi connectivity index (χ2v) is 4.58. The van der Waals surface area contributed by atoms with Gasteiger partial charge in [-0.25, -0.2) is 4.98 Å². The predicted octanol–water partition coefficient (Wildman–Crippen LogP) is 2.00. The maximum Gasteiger partial charge on any atom is 0.181 e. The predicted molar refractivity (Wildman–Crippen MR) is 60.7 cm³/mol. The Morgan fingerprint density at radius 1 is 1.40 bits per heavy atom. The van der Waals surface area contributed by atoms with Gasteiger partial charge in [0.25, 0.3) is 0 Å². The first-order valence-corrected chi connectivity index (χ1v) is 5.50. The Hall–Kier alpha value is -1.62. The van der Waals surface area contributed by atoms with Gasteiger partial charge in [-0.05, 0) is 24.5 Å². The summed E-state index contributed by atoms with van der Waals surface area (Å²) in [6, 6.07) is 4.01. The third kappa shape index (κ3) is 1.13. The fraction of sp³-hybridized carbons (Fsp3) is 0.200. The number of hydrogen-bond donors (Lipinski definition) is 2. The van der Waals surface area contributed by atoms with E-state index in [1.165, 1.54) is 16.9 Å². The van der Waals surface area contributed by atoms with E-state index in [1.54, 1.807) is 0 Å². The molecular weight excluding hydrogens is 210 g/mol. The number of nitrogens with two attached hydrogens (primary N) is 1. The molecule has 1 aliphatic rings. The molecule has 0 bridgehead atoms. The van der Waals surface area contributed by atoms with Crippen LogP contribution in [0, 0.1) is 0 Å². The summed E-state index contributed by atoms with van der Waals surface area (Å²) in [5.74, 6) is 0. The quantitative estimate of drug-likeness (QED) is 0.526. The molecule has 0 unspecified atom stereocenters. The van der Waals surface area contributed by atoms with Gasteiger partial charge in [0, 0.05) is 5.56 Å². The first-order chi connectivity index (χ1) is 7.29. The molecule has 0 atom stereocenters. The molecule has 0 spiro atoms. The molecule has 2 aromatic rings. The summed E-state index contributed by atoms with van der Waals surface area (Å²) >= 11 is 1.45. The number of oxime groups is 1. The first-order valence-electron chi connectivity index (χ1n) is 4.69. The molecular formula is C10H9N3OS. The minimum absolute atomic E-state index is 0.558. The molecule has 15 heavy (non-hydrogen) atoms. The molecule has 0 fully saturated rings. The van der Waals surface area contributed by atoms with Gasteiger partial charge in [-0.3, -0.25) is 0 Å². The molecule has 5 heteroatoms. The van der Waals surface area contributed by atoms with Crippen molar-refractivity contribution in [3.63, 3.8) is 0 Å². The minimum atomic E-state index is 0.558. The molecule has 3 rings (SSSR count). The molecule has 1 aliphatic carbocycles. The van der Waals surface area contributed by atoms with E-state index in [-0.39, 0.29) is 0 Å². The molecule has 1 aromatic carbocycles. The summed E-state index contributed by atoms with van der Waals surface area (Å²) in [5, 5.41) is 12.8. The largest absolute Gasteiger partial charge is 0.411 e. The van der Waals surface area contributed by atoms with Gasteiger partial charge in [0.15, 0.2) is 5.13 Å². The van der Waals surface area contributed by atoms with Gasteiger partial charge in [-0.15, -0.1) is 0 Å². The topological polar surface area (TPSA) is 71.5 Å². The smallest absolute Gasteiger partial charge is 0.181 e. The lowest BCUT2D eigenvalue weighted by molar-refractivity contribution is 0.318. The number of hydrogen-bond acceptors (Lipinski definition) is 5. The number of nitrogens with zero attached hydrogens (tertiary/aromatic N) is 2. The van der Waals surface area contributed by atoms with E-state index < -0.39 is 0 Å². The Balaban J connectivity index is 2.42. The Labute approximate surface area is 90.0 Å². The fourth-order valence-corrected chi connectivity index (χ4v) is 2.98. The average Bonchev–Trinajstić information content (AvgIpc) is 2.78. The highest BCUT2D eigenvalue weighted by molar-refractivity contribution is 7.22. The van der Waals surface area contributed by atoms with Crippen LogP contribution < -0.4 is 5.73 Å². The molecule has 4 nitrogen and oxygen atoms in total. The lowest BCUT2D eigenvalue weighted by Gasteiger charge is -1.98. The zero-order valence-corrected chi connectivity index (χ0v) is 8.71. The molecule has 1 aromatic heterocycles. The lowest BCUT2D eigenvalue weighted by atomic mass is 10.1. The number of thiazole rings is 1. The summed E-state index contributed by atoms with van der Waals surface area (Å²) < 4.78 is 1.04. The maximum absolute atomic E-state index is 8.92. The number of aromatic nitrogens is 1. The Kier molecular flexibility index (Phi) is 1.70. The number of aryl methyl sites for hydroxylation is 1. The number of fused-ring (bicyclic) bond motifs is 3. The highest BCUT2D eigenvalue weighted by Gasteiger charge is 2.22. The number of benzene rings is 1. The maximum atomic E-state index is 8.92. The summed E-state index contributed by atoms with van der Waals surface area (Å²) in [7, 11) is 0. The van der Waals surface area contributed by atoms with Crippen LogP contribution in [-0.4, -0.2) is 15.9 Å². The molecule has 0 radical (unpaired) electrons. The van der Waals surface area contributed by atoms with Crippen molar-refractivity contribution in [2.45, 2.75) is 12.8 Å². The van der Waals surface area contributed by atoms with Crippen molar-refractivity contribution in [2.75, 3.05) is 5.73 Å². The Morgan fingerprint density at radius 3 is 3.07 bits per heavy atom. The van der Waals surface area contributed by atoms with E-state index in [1.807, 2.05) is 12.1 Å². The van der Waals surface area contributed by atoms with Crippen molar-refractivity contribution in [2.24, 2.45) is 5.16 Å². The van der Waals surface area contributed by atoms with Crippen LogP contribution >= 0.6 is 11.3 Å². The SMILES string of the molecule is Nc1nc2ccc3c(c2s1)C(=NO)CC3. The van der Waals surface area contributed by atoms with Gasteiger partial charge in [-0.2, -0.15) is 0 Å². The van der Waals surface area contributed by atoms with Crippen LogP contribution in [0.5, 0.6) is 0 Å². The number of anilines is 1. The standard InChI is InChI=1S/C10H9N3OS/c11-10-12-7-4-2-5-1-3-6(13-14)8(5)9(7)15-10/h2,4,14H,1,3H2,(H2,11,12). The highest BCUT2D eigenvalue weighted by Crippen LogP contribution is 2.34. The molecule has 1 heterocycles. The van der Waals surface area contributed by atoms with Crippen molar-refractivity contribution in [3.8, 4) is 0 Å². The van der Waals surface area contributed by atoms with Crippen LogP contribution in [-0.2, 0) is 6.42 Å². The average molecular weight is 219 g/mol. The van der Waals surface area contributed by atoms with Crippen molar-refractivity contribution < 1.29 is 5.21 Å². The van der Waals surface area contributed by atoms with Crippen LogP contribution in [0.3, 0.4) is 0 Å². The Morgan fingerprint density at radius 2 is 2.27 bits per heavy atom. The number of rotatable bonds is 0. The van der Waals surface area contributed by atoms with Gasteiger partial charge < -0.3 is 10.9 Å². The summed E-state index contributed by atoms with van der Waals surface area (Å²) in [5.41, 5.74) is 9.57. The minimum Gasteiger partial charge on any atom is -0.411 e. The van der Waals surface area contributed by atoms with Gasteiger partial charge >= 0.3 is 0 Å². The van der Waals surface area contributed by atoms with E-state index in [0.29, 0.717) is 5.13 Å². The molecule has 0 saturated carbocycles. The van der Waals surface area contributed by atoms with E-state index in [4.69, 9.17) is 10.9 Å². The Bertz CT molecular complexity index is 573. The zero-order valence-electron chi connectivity index (χ0n) is 7.90. The monoisotopic (exact) mass is 219 g/mol. The summed E-state index contributed by atoms with van der Waals surface area (Å²) in [6.07, 6.45) is 1.73. The molecule has 76 valence electrons. The second-order valence-electron chi connectivity index (χ2n) is 3.55. The van der Waals surface area contributed by atoms with Crippen LogP contribution in [0.25, 0.3) is 10.2 Å². The van der Waals surface area contributed by atoms with Gasteiger partial charge in [0.05, 0.1) is 15.9 Å². The van der Waals surface area contributed by atoms with Crippen LogP contribution in [0.1, 0.15) is 17.5 Å². The molecule has 0 saturated heterocycles. The van der Waals surface area contributed by atoms with E-state index in [9.17, 15) is 0 Å². The van der Waals surface area contributed by atoms with E-state index in [2.05, 4.69) is 10.1 Å². The van der Waals surface area contributed by atoms with Gasteiger partial charge in [-0.1, -0.05) is 22.6 Å². The van der Waals surface area contributed by atoms with Crippen molar-refractivity contribution in [1.82, 2.24) is 4.98 Å². The second kappa shape index (κ2) is 2.93. The molecule has 0 aliphatic heterocycles. The normalized spacial score (nSPS) is 17.5. The van der Waals surface area contributed by atoms with E-state index >= 15 is 0 Å².